The topological polar surface area (TPSA) is 84.3 Å². The van der Waals surface area contributed by atoms with Crippen molar-refractivity contribution >= 4 is 33.3 Å². The van der Waals surface area contributed by atoms with Crippen molar-refractivity contribution < 1.29 is 14.6 Å². The van der Waals surface area contributed by atoms with Gasteiger partial charge in [0.25, 0.3) is 0 Å². The summed E-state index contributed by atoms with van der Waals surface area (Å²) in [5, 5.41) is 15.9. The van der Waals surface area contributed by atoms with Gasteiger partial charge in [0.05, 0.1) is 18.3 Å². The number of aromatic hydroxyl groups is 1. The SMILES string of the molecule is COc1ccc2c(O)cc(-c3csc(NC(C)=O)n3)nc2c1C. The van der Waals surface area contributed by atoms with Crippen molar-refractivity contribution in [2.24, 2.45) is 0 Å². The normalized spacial score (nSPS) is 10.7. The molecule has 0 aliphatic carbocycles. The molecule has 0 bridgehead atoms. The predicted octanol–water partition coefficient (Wildman–Crippen LogP) is 3.34. The molecular formula is C16H15N3O3S. The molecule has 0 aliphatic heterocycles. The number of carbonyl (C=O) groups excluding carboxylic acids is 1. The number of amides is 1. The Morgan fingerprint density at radius 2 is 2.09 bits per heavy atom. The van der Waals surface area contributed by atoms with E-state index in [1.807, 2.05) is 6.92 Å². The fourth-order valence-electron chi connectivity index (χ4n) is 2.34. The molecule has 0 saturated heterocycles. The van der Waals surface area contributed by atoms with E-state index in [4.69, 9.17) is 4.74 Å². The highest BCUT2D eigenvalue weighted by atomic mass is 32.1. The molecule has 2 aromatic heterocycles. The van der Waals surface area contributed by atoms with E-state index in [-0.39, 0.29) is 11.7 Å². The van der Waals surface area contributed by atoms with Crippen molar-refractivity contribution in [1.29, 1.82) is 0 Å². The van der Waals surface area contributed by atoms with E-state index in [2.05, 4.69) is 15.3 Å². The van der Waals surface area contributed by atoms with Crippen LogP contribution in [0.2, 0.25) is 0 Å². The minimum Gasteiger partial charge on any atom is -0.507 e. The summed E-state index contributed by atoms with van der Waals surface area (Å²) in [6, 6.07) is 5.15. The van der Waals surface area contributed by atoms with Crippen LogP contribution in [0.15, 0.2) is 23.6 Å². The van der Waals surface area contributed by atoms with Gasteiger partial charge in [-0.3, -0.25) is 4.79 Å². The van der Waals surface area contributed by atoms with Crippen molar-refractivity contribution in [3.63, 3.8) is 0 Å². The third-order valence-corrected chi connectivity index (χ3v) is 4.19. The van der Waals surface area contributed by atoms with Gasteiger partial charge in [0.1, 0.15) is 17.2 Å². The zero-order chi connectivity index (χ0) is 16.6. The number of anilines is 1. The van der Waals surface area contributed by atoms with E-state index in [9.17, 15) is 9.90 Å². The van der Waals surface area contributed by atoms with Crippen molar-refractivity contribution in [1.82, 2.24) is 9.97 Å². The lowest BCUT2D eigenvalue weighted by atomic mass is 10.1. The van der Waals surface area contributed by atoms with Crippen LogP contribution in [-0.4, -0.2) is 28.1 Å². The summed E-state index contributed by atoms with van der Waals surface area (Å²) in [5.41, 5.74) is 2.64. The molecule has 3 aromatic rings. The van der Waals surface area contributed by atoms with E-state index >= 15 is 0 Å². The number of hydrogen-bond acceptors (Lipinski definition) is 6. The highest BCUT2D eigenvalue weighted by molar-refractivity contribution is 7.14. The van der Waals surface area contributed by atoms with Gasteiger partial charge in [-0.2, -0.15) is 0 Å². The Bertz CT molecular complexity index is 905. The molecule has 1 amide bonds. The second-order valence-corrected chi connectivity index (χ2v) is 5.89. The number of pyridine rings is 1. The Balaban J connectivity index is 2.13. The Morgan fingerprint density at radius 1 is 1.30 bits per heavy atom. The summed E-state index contributed by atoms with van der Waals surface area (Å²) in [4.78, 5) is 20.0. The zero-order valence-electron chi connectivity index (χ0n) is 12.9. The first-order chi connectivity index (χ1) is 11.0. The minimum atomic E-state index is -0.180. The molecule has 0 saturated carbocycles. The van der Waals surface area contributed by atoms with Crippen LogP contribution in [0.3, 0.4) is 0 Å². The fraction of sp³-hybridized carbons (Fsp3) is 0.188. The van der Waals surface area contributed by atoms with Crippen LogP contribution >= 0.6 is 11.3 Å². The number of benzene rings is 1. The van der Waals surface area contributed by atoms with E-state index < -0.39 is 0 Å². The number of fused-ring (bicyclic) bond motifs is 1. The largest absolute Gasteiger partial charge is 0.507 e. The van der Waals surface area contributed by atoms with Crippen LogP contribution in [0.25, 0.3) is 22.3 Å². The Hall–Kier alpha value is -2.67. The highest BCUT2D eigenvalue weighted by Crippen LogP contribution is 2.34. The van der Waals surface area contributed by atoms with Gasteiger partial charge in [-0.05, 0) is 19.1 Å². The van der Waals surface area contributed by atoms with Gasteiger partial charge >= 0.3 is 0 Å². The predicted molar refractivity (Wildman–Crippen MR) is 90.1 cm³/mol. The lowest BCUT2D eigenvalue weighted by Gasteiger charge is -2.10. The lowest BCUT2D eigenvalue weighted by Crippen LogP contribution is -2.05. The van der Waals surface area contributed by atoms with Gasteiger partial charge in [-0.25, -0.2) is 9.97 Å². The van der Waals surface area contributed by atoms with Crippen LogP contribution in [-0.2, 0) is 4.79 Å². The summed E-state index contributed by atoms with van der Waals surface area (Å²) in [6.07, 6.45) is 0. The van der Waals surface area contributed by atoms with Crippen molar-refractivity contribution in [2.45, 2.75) is 13.8 Å². The summed E-state index contributed by atoms with van der Waals surface area (Å²) in [5.74, 6) is 0.657. The number of aryl methyl sites for hydroxylation is 1. The van der Waals surface area contributed by atoms with Crippen LogP contribution in [0, 0.1) is 6.92 Å². The Kier molecular flexibility index (Phi) is 3.87. The highest BCUT2D eigenvalue weighted by Gasteiger charge is 2.14. The molecule has 0 unspecified atom stereocenters. The molecule has 0 aliphatic rings. The van der Waals surface area contributed by atoms with E-state index in [1.165, 1.54) is 18.3 Å². The molecule has 2 N–H and O–H groups in total. The molecule has 1 aromatic carbocycles. The molecule has 3 rings (SSSR count). The van der Waals surface area contributed by atoms with Gasteiger partial charge in [-0.1, -0.05) is 0 Å². The summed E-state index contributed by atoms with van der Waals surface area (Å²) < 4.78 is 5.30. The number of rotatable bonds is 3. The second-order valence-electron chi connectivity index (χ2n) is 5.03. The van der Waals surface area contributed by atoms with Crippen molar-refractivity contribution in [3.8, 4) is 22.9 Å². The summed E-state index contributed by atoms with van der Waals surface area (Å²) in [6.45, 7) is 3.32. The molecule has 2 heterocycles. The van der Waals surface area contributed by atoms with Crippen LogP contribution < -0.4 is 10.1 Å². The maximum absolute atomic E-state index is 11.1. The first kappa shape index (κ1) is 15.2. The van der Waals surface area contributed by atoms with Gasteiger partial charge in [0, 0.05) is 29.3 Å². The number of carbonyl (C=O) groups is 1. The fourth-order valence-corrected chi connectivity index (χ4v) is 3.09. The van der Waals surface area contributed by atoms with Crippen LogP contribution in [0.1, 0.15) is 12.5 Å². The van der Waals surface area contributed by atoms with E-state index in [0.29, 0.717) is 33.2 Å². The maximum atomic E-state index is 11.1. The molecule has 0 atom stereocenters. The molecule has 0 fully saturated rings. The first-order valence-electron chi connectivity index (χ1n) is 6.90. The number of nitrogens with one attached hydrogen (secondary N) is 1. The number of nitrogens with zero attached hydrogens (tertiary/aromatic N) is 2. The minimum absolute atomic E-state index is 0.129. The Morgan fingerprint density at radius 3 is 2.78 bits per heavy atom. The molecule has 0 spiro atoms. The summed E-state index contributed by atoms with van der Waals surface area (Å²) >= 11 is 1.31. The van der Waals surface area contributed by atoms with Crippen molar-refractivity contribution in [2.75, 3.05) is 12.4 Å². The van der Waals surface area contributed by atoms with E-state index in [0.717, 1.165) is 5.56 Å². The van der Waals surface area contributed by atoms with Gasteiger partial charge in [0.15, 0.2) is 5.13 Å². The van der Waals surface area contributed by atoms with E-state index in [1.54, 1.807) is 30.7 Å². The first-order valence-corrected chi connectivity index (χ1v) is 7.78. The average molecular weight is 329 g/mol. The average Bonchev–Trinajstić information content (AvgIpc) is 2.96. The van der Waals surface area contributed by atoms with Gasteiger partial charge in [0.2, 0.25) is 5.91 Å². The number of hydrogen-bond donors (Lipinski definition) is 2. The van der Waals surface area contributed by atoms with Crippen LogP contribution in [0.5, 0.6) is 11.5 Å². The zero-order valence-corrected chi connectivity index (χ0v) is 13.7. The number of aromatic nitrogens is 2. The third kappa shape index (κ3) is 2.83. The molecule has 7 heteroatoms. The number of ether oxygens (including phenoxy) is 1. The molecule has 118 valence electrons. The molecule has 6 nitrogen and oxygen atoms in total. The smallest absolute Gasteiger partial charge is 0.223 e. The molecule has 23 heavy (non-hydrogen) atoms. The monoisotopic (exact) mass is 329 g/mol. The van der Waals surface area contributed by atoms with Gasteiger partial charge in [-0.15, -0.1) is 11.3 Å². The second kappa shape index (κ2) is 5.85. The maximum Gasteiger partial charge on any atom is 0.223 e. The molecular weight excluding hydrogens is 314 g/mol. The number of methoxy groups -OCH3 is 1. The third-order valence-electron chi connectivity index (χ3n) is 3.43. The quantitative estimate of drug-likeness (QED) is 0.770. The molecule has 0 radical (unpaired) electrons. The summed E-state index contributed by atoms with van der Waals surface area (Å²) in [7, 11) is 1.60. The number of thiazole rings is 1. The van der Waals surface area contributed by atoms with Crippen molar-refractivity contribution in [3.05, 3.63) is 29.1 Å². The lowest BCUT2D eigenvalue weighted by molar-refractivity contribution is -0.114. The van der Waals surface area contributed by atoms with Crippen LogP contribution in [0.4, 0.5) is 5.13 Å². The standard InChI is InChI=1S/C16H15N3O3S/c1-8-14(22-3)5-4-10-13(21)6-11(18-15(8)10)12-7-23-16(19-12)17-9(2)20/h4-7H,1-3H3,(H,18,21)(H,17,19,20). The van der Waals surface area contributed by atoms with Gasteiger partial charge < -0.3 is 15.2 Å². The Labute approximate surface area is 136 Å².